The van der Waals surface area contributed by atoms with Gasteiger partial charge in [-0.2, -0.15) is 4.98 Å². The topological polar surface area (TPSA) is 84.7 Å². The van der Waals surface area contributed by atoms with E-state index >= 15 is 0 Å². The highest BCUT2D eigenvalue weighted by Gasteiger charge is 2.49. The van der Waals surface area contributed by atoms with E-state index in [1.165, 1.54) is 4.31 Å². The molecule has 0 aliphatic carbocycles. The van der Waals surface area contributed by atoms with Crippen LogP contribution >= 0.6 is 0 Å². The highest BCUT2D eigenvalue weighted by molar-refractivity contribution is 7.93. The second-order valence-corrected chi connectivity index (χ2v) is 11.0. The summed E-state index contributed by atoms with van der Waals surface area (Å²) in [6, 6.07) is 27.6. The van der Waals surface area contributed by atoms with Crippen molar-refractivity contribution in [1.29, 1.82) is 0 Å². The maximum absolute atomic E-state index is 14.2. The van der Waals surface area contributed by atoms with Crippen molar-refractivity contribution in [2.75, 3.05) is 35.5 Å². The highest BCUT2D eigenvalue weighted by Crippen LogP contribution is 2.44. The van der Waals surface area contributed by atoms with Gasteiger partial charge in [0.2, 0.25) is 11.7 Å². The number of para-hydroxylation sites is 1. The Bertz CT molecular complexity index is 1520. The third kappa shape index (κ3) is 4.10. The van der Waals surface area contributed by atoms with E-state index in [-0.39, 0.29) is 18.1 Å². The first kappa shape index (κ1) is 23.4. The zero-order valence-corrected chi connectivity index (χ0v) is 20.9. The number of hydrogen-bond acceptors (Lipinski definition) is 6. The summed E-state index contributed by atoms with van der Waals surface area (Å²) in [5.41, 5.74) is 2.26. The molecule has 8 nitrogen and oxygen atoms in total. The number of ketones is 1. The molecule has 0 radical (unpaired) electrons. The molecule has 3 aromatic carbocycles. The van der Waals surface area contributed by atoms with Crippen LogP contribution in [0.2, 0.25) is 0 Å². The molecule has 9 heteroatoms. The predicted octanol–water partition coefficient (Wildman–Crippen LogP) is 3.98. The fourth-order valence-corrected chi connectivity index (χ4v) is 6.80. The van der Waals surface area contributed by atoms with Crippen LogP contribution in [0.3, 0.4) is 0 Å². The maximum atomic E-state index is 14.2. The summed E-state index contributed by atoms with van der Waals surface area (Å²) in [5.74, 6) is 0.211. The molecule has 2 aliphatic heterocycles. The summed E-state index contributed by atoms with van der Waals surface area (Å²) in [6.45, 7) is 2.30. The molecule has 1 aromatic heterocycles. The number of anilines is 2. The zero-order valence-electron chi connectivity index (χ0n) is 20.1. The van der Waals surface area contributed by atoms with Crippen molar-refractivity contribution in [2.45, 2.75) is 11.8 Å². The minimum atomic E-state index is -4.13. The van der Waals surface area contributed by atoms with Gasteiger partial charge >= 0.3 is 0 Å². The van der Waals surface area contributed by atoms with Gasteiger partial charge in [-0.05, 0) is 23.3 Å². The second kappa shape index (κ2) is 9.49. The Balaban J connectivity index is 1.62. The van der Waals surface area contributed by atoms with Crippen LogP contribution in [0.25, 0.3) is 5.69 Å². The first-order valence-electron chi connectivity index (χ1n) is 12.2. The molecule has 1 saturated heterocycles. The number of benzene rings is 3. The molecule has 3 heterocycles. The molecule has 4 aromatic rings. The lowest BCUT2D eigenvalue weighted by Gasteiger charge is -2.32. The number of ether oxygens (including phenoxy) is 1. The molecule has 188 valence electrons. The minimum Gasteiger partial charge on any atom is -0.378 e. The summed E-state index contributed by atoms with van der Waals surface area (Å²) < 4.78 is 37.0. The molecule has 0 spiro atoms. The van der Waals surface area contributed by atoms with Gasteiger partial charge in [0.1, 0.15) is 5.69 Å². The Hall–Kier alpha value is -3.95. The van der Waals surface area contributed by atoms with Crippen molar-refractivity contribution in [3.05, 3.63) is 108 Å². The molecule has 37 heavy (non-hydrogen) atoms. The van der Waals surface area contributed by atoms with Gasteiger partial charge in [0.15, 0.2) is 11.1 Å². The van der Waals surface area contributed by atoms with Crippen LogP contribution in [-0.4, -0.2) is 50.1 Å². The van der Waals surface area contributed by atoms with Crippen molar-refractivity contribution in [3.63, 3.8) is 0 Å². The Morgan fingerprint density at radius 2 is 1.43 bits per heavy atom. The number of nitrogens with zero attached hydrogens (tertiary/aromatic N) is 4. The van der Waals surface area contributed by atoms with Gasteiger partial charge < -0.3 is 9.64 Å². The zero-order chi connectivity index (χ0) is 25.4. The SMILES string of the molecule is O=C1c2c(nc(N3CCOCC3)n2-c2ccccc2)N(Cc2ccccc2)S(=O)(=O)C1c1ccccc1. The van der Waals surface area contributed by atoms with Crippen LogP contribution in [0.5, 0.6) is 0 Å². The molecule has 6 rings (SSSR count). The molecule has 1 unspecified atom stereocenters. The number of imidazole rings is 1. The van der Waals surface area contributed by atoms with Gasteiger partial charge in [-0.15, -0.1) is 0 Å². The minimum absolute atomic E-state index is 0.0706. The Kier molecular flexibility index (Phi) is 6.02. The van der Waals surface area contributed by atoms with Crippen molar-refractivity contribution in [3.8, 4) is 5.69 Å². The summed E-state index contributed by atoms with van der Waals surface area (Å²) >= 11 is 0. The number of sulfonamides is 1. The van der Waals surface area contributed by atoms with E-state index in [4.69, 9.17) is 9.72 Å². The Morgan fingerprint density at radius 3 is 2.08 bits per heavy atom. The van der Waals surface area contributed by atoms with E-state index in [9.17, 15) is 13.2 Å². The number of Topliss-reactive ketones (excluding diaryl/α,β-unsaturated/α-hetero) is 1. The Labute approximate surface area is 215 Å². The number of rotatable bonds is 5. The predicted molar refractivity (Wildman–Crippen MR) is 142 cm³/mol. The number of carbonyl (C=O) groups is 1. The maximum Gasteiger partial charge on any atom is 0.251 e. The Morgan fingerprint density at radius 1 is 0.838 bits per heavy atom. The normalized spacial score (nSPS) is 19.0. The second-order valence-electron chi connectivity index (χ2n) is 9.05. The molecule has 0 amide bonds. The van der Waals surface area contributed by atoms with E-state index in [1.807, 2.05) is 70.1 Å². The number of aromatic nitrogens is 2. The lowest BCUT2D eigenvalue weighted by Crippen LogP contribution is -2.43. The van der Waals surface area contributed by atoms with Crippen molar-refractivity contribution in [2.24, 2.45) is 0 Å². The van der Waals surface area contributed by atoms with E-state index in [1.54, 1.807) is 30.3 Å². The monoisotopic (exact) mass is 514 g/mol. The van der Waals surface area contributed by atoms with Crippen molar-refractivity contribution >= 4 is 27.6 Å². The number of morpholine rings is 1. The van der Waals surface area contributed by atoms with E-state index in [0.717, 1.165) is 11.3 Å². The van der Waals surface area contributed by atoms with Gasteiger partial charge in [0.05, 0.1) is 19.8 Å². The van der Waals surface area contributed by atoms with Crippen molar-refractivity contribution < 1.29 is 17.9 Å². The first-order valence-corrected chi connectivity index (χ1v) is 13.7. The average molecular weight is 515 g/mol. The van der Waals surface area contributed by atoms with Crippen LogP contribution in [0.4, 0.5) is 11.8 Å². The molecular formula is C28H26N4O4S. The van der Waals surface area contributed by atoms with Gasteiger partial charge in [-0.1, -0.05) is 78.9 Å². The lowest BCUT2D eigenvalue weighted by atomic mass is 10.1. The van der Waals surface area contributed by atoms with Crippen LogP contribution in [0, 0.1) is 0 Å². The fraction of sp³-hybridized carbons (Fsp3) is 0.214. The van der Waals surface area contributed by atoms with Gasteiger partial charge in [0, 0.05) is 18.8 Å². The third-order valence-corrected chi connectivity index (χ3v) is 8.73. The quantitative estimate of drug-likeness (QED) is 0.401. The van der Waals surface area contributed by atoms with Crippen molar-refractivity contribution in [1.82, 2.24) is 9.55 Å². The highest BCUT2D eigenvalue weighted by atomic mass is 32.2. The van der Waals surface area contributed by atoms with E-state index in [2.05, 4.69) is 0 Å². The van der Waals surface area contributed by atoms with Gasteiger partial charge in [0.25, 0.3) is 10.0 Å². The van der Waals surface area contributed by atoms with Crippen LogP contribution in [0.15, 0.2) is 91.0 Å². The van der Waals surface area contributed by atoms with Gasteiger partial charge in [-0.25, -0.2) is 12.7 Å². The summed E-state index contributed by atoms with van der Waals surface area (Å²) in [5, 5.41) is -1.37. The van der Waals surface area contributed by atoms with Crippen LogP contribution in [0.1, 0.15) is 26.9 Å². The molecule has 0 saturated carbocycles. The standard InChI is InChI=1S/C28H26N4O4S/c33-25-24-27(29-28(30-16-18-36-19-17-30)32(24)23-14-8-3-9-15-23)31(20-21-10-4-1-5-11-21)37(34,35)26(25)22-12-6-2-7-13-22/h1-15,26H,16-20H2. The fourth-order valence-electron chi connectivity index (χ4n) is 4.96. The molecular weight excluding hydrogens is 488 g/mol. The van der Waals surface area contributed by atoms with Crippen LogP contribution < -0.4 is 9.21 Å². The molecule has 2 aliphatic rings. The molecule has 0 N–H and O–H groups in total. The summed E-state index contributed by atoms with van der Waals surface area (Å²) in [6.07, 6.45) is 0. The smallest absolute Gasteiger partial charge is 0.251 e. The third-order valence-electron chi connectivity index (χ3n) is 6.73. The molecule has 1 fully saturated rings. The van der Waals surface area contributed by atoms with E-state index < -0.39 is 21.1 Å². The summed E-state index contributed by atoms with van der Waals surface area (Å²) in [4.78, 5) is 21.1. The molecule has 1 atom stereocenters. The number of hydrogen-bond donors (Lipinski definition) is 0. The summed E-state index contributed by atoms with van der Waals surface area (Å²) in [7, 11) is -4.13. The average Bonchev–Trinajstić information content (AvgIpc) is 3.34. The largest absolute Gasteiger partial charge is 0.378 e. The van der Waals surface area contributed by atoms with E-state index in [0.29, 0.717) is 37.8 Å². The first-order chi connectivity index (χ1) is 18.1. The number of carbonyl (C=O) groups excluding carboxylic acids is 1. The number of fused-ring (bicyclic) bond motifs is 1. The van der Waals surface area contributed by atoms with Crippen LogP contribution in [-0.2, 0) is 21.3 Å². The lowest BCUT2D eigenvalue weighted by molar-refractivity contribution is 0.0978. The van der Waals surface area contributed by atoms with Gasteiger partial charge in [-0.3, -0.25) is 9.36 Å². The molecule has 0 bridgehead atoms.